The molecule has 1 aromatic carbocycles. The van der Waals surface area contributed by atoms with Crippen molar-refractivity contribution < 1.29 is 14.3 Å². The second-order valence-corrected chi connectivity index (χ2v) is 15.9. The van der Waals surface area contributed by atoms with E-state index in [9.17, 15) is 10.1 Å². The van der Waals surface area contributed by atoms with Crippen molar-refractivity contribution in [3.8, 4) is 11.8 Å². The van der Waals surface area contributed by atoms with Gasteiger partial charge in [-0.05, 0) is 89.1 Å². The average molecular weight is 659 g/mol. The number of para-hydroxylation sites is 1. The highest BCUT2D eigenvalue weighted by atomic mass is 16.5. The lowest BCUT2D eigenvalue weighted by atomic mass is 9.69. The minimum absolute atomic E-state index is 0.0764. The number of likely N-dealkylation sites (N-methyl/N-ethyl adjacent to an activating group) is 1. The van der Waals surface area contributed by atoms with Crippen LogP contribution in [0.2, 0.25) is 0 Å². The molecular weight excluding hydrogens is 600 g/mol. The molecule has 4 aliphatic heterocycles. The predicted octanol–water partition coefficient (Wildman–Crippen LogP) is 5.09. The van der Waals surface area contributed by atoms with Crippen LogP contribution in [0.1, 0.15) is 94.6 Å². The summed E-state index contributed by atoms with van der Waals surface area (Å²) < 4.78 is 14.4. The largest absolute Gasteiger partial charge is 0.487 e. The molecule has 3 saturated heterocycles. The first kappa shape index (κ1) is 34.0. The van der Waals surface area contributed by atoms with Gasteiger partial charge in [0.2, 0.25) is 5.91 Å². The third kappa shape index (κ3) is 6.68. The van der Waals surface area contributed by atoms with E-state index in [1.165, 1.54) is 55.7 Å². The van der Waals surface area contributed by atoms with Crippen molar-refractivity contribution in [3.05, 3.63) is 42.0 Å². The Labute approximate surface area is 288 Å². The maximum Gasteiger partial charge on any atom is 0.246 e. The fraction of sp³-hybridized carbons (Fsp3) is 0.744. The molecule has 9 heteroatoms. The molecule has 0 bridgehead atoms. The van der Waals surface area contributed by atoms with E-state index in [0.717, 1.165) is 63.8 Å². The SMILES string of the molecule is C=CC(=O)N1CCN(C2NC(OCC3CCCN3C)(C3CCCCCC3)NC3C[C@@]4(CCc5cccc(C)c5O4)CCC32)CC1CC#N. The molecule has 1 spiro atoms. The van der Waals surface area contributed by atoms with Crippen LogP contribution in [0.5, 0.6) is 5.75 Å². The van der Waals surface area contributed by atoms with Gasteiger partial charge in [-0.2, -0.15) is 5.26 Å². The van der Waals surface area contributed by atoms with E-state index in [4.69, 9.17) is 9.47 Å². The van der Waals surface area contributed by atoms with Crippen LogP contribution in [0.15, 0.2) is 30.9 Å². The van der Waals surface area contributed by atoms with Gasteiger partial charge in [-0.25, -0.2) is 0 Å². The van der Waals surface area contributed by atoms with E-state index in [2.05, 4.69) is 65.3 Å². The van der Waals surface area contributed by atoms with Crippen molar-refractivity contribution in [1.29, 1.82) is 5.26 Å². The highest BCUT2D eigenvalue weighted by Crippen LogP contribution is 2.48. The molecule has 48 heavy (non-hydrogen) atoms. The lowest BCUT2D eigenvalue weighted by Crippen LogP contribution is -2.80. The van der Waals surface area contributed by atoms with Crippen LogP contribution in [0.3, 0.4) is 0 Å². The molecule has 7 atom stereocenters. The number of nitrogens with one attached hydrogen (secondary N) is 2. The molecule has 6 unspecified atom stereocenters. The number of hydrogen-bond donors (Lipinski definition) is 2. The molecule has 0 radical (unpaired) electrons. The summed E-state index contributed by atoms with van der Waals surface area (Å²) in [7, 11) is 2.24. The Balaban J connectivity index is 1.22. The van der Waals surface area contributed by atoms with E-state index in [-0.39, 0.29) is 29.8 Å². The van der Waals surface area contributed by atoms with Crippen molar-refractivity contribution >= 4 is 5.91 Å². The third-order valence-electron chi connectivity index (χ3n) is 13.0. The molecule has 1 amide bonds. The first-order chi connectivity index (χ1) is 23.3. The molecule has 5 fully saturated rings. The maximum absolute atomic E-state index is 12.8. The Morgan fingerprint density at radius 3 is 2.67 bits per heavy atom. The van der Waals surface area contributed by atoms with E-state index >= 15 is 0 Å². The number of amides is 1. The number of aryl methyl sites for hydroxylation is 2. The summed E-state index contributed by atoms with van der Waals surface area (Å²) in [4.78, 5) is 19.7. The summed E-state index contributed by atoms with van der Waals surface area (Å²) in [5.74, 6) is 1.11. The standard InChI is InChI=1S/C39H58N6O3/c1-4-35(46)45-24-23-44(26-31(45)18-21-40)37-33-17-20-38(19-16-29-12-9-11-28(2)36(29)48-38)25-34(33)41-39(42-37,30-13-7-5-6-8-14-30)47-27-32-15-10-22-43(32)3/h4,9,11-12,30-34,37,41-42H,1,5-8,10,13-20,22-27H2,2-3H3/t31?,32?,33?,34?,37?,38-,39?/m1/s1. The van der Waals surface area contributed by atoms with Crippen molar-refractivity contribution in [2.75, 3.05) is 39.8 Å². The summed E-state index contributed by atoms with van der Waals surface area (Å²) in [6.07, 6.45) is 16.7. The van der Waals surface area contributed by atoms with Crippen LogP contribution in [-0.4, -0.2) is 96.2 Å². The van der Waals surface area contributed by atoms with Crippen molar-refractivity contribution in [3.63, 3.8) is 0 Å². The van der Waals surface area contributed by atoms with Gasteiger partial charge in [0.25, 0.3) is 0 Å². The number of carbonyl (C=O) groups excluding carboxylic acids is 1. The van der Waals surface area contributed by atoms with Crippen molar-refractivity contribution in [2.45, 2.75) is 133 Å². The van der Waals surface area contributed by atoms with E-state index in [1.807, 2.05) is 4.90 Å². The number of likely N-dealkylation sites (tertiary alicyclic amines) is 1. The van der Waals surface area contributed by atoms with E-state index in [1.54, 1.807) is 0 Å². The van der Waals surface area contributed by atoms with Gasteiger partial charge in [-0.15, -0.1) is 0 Å². The summed E-state index contributed by atoms with van der Waals surface area (Å²) in [5.41, 5.74) is 2.39. The molecule has 262 valence electrons. The highest BCUT2D eigenvalue weighted by Gasteiger charge is 2.57. The molecule has 2 aliphatic carbocycles. The van der Waals surface area contributed by atoms with Gasteiger partial charge >= 0.3 is 0 Å². The Hall–Kier alpha value is -2.48. The topological polar surface area (TPSA) is 93.1 Å². The van der Waals surface area contributed by atoms with Gasteiger partial charge < -0.3 is 19.3 Å². The van der Waals surface area contributed by atoms with E-state index < -0.39 is 5.85 Å². The minimum Gasteiger partial charge on any atom is -0.487 e. The molecule has 2 N–H and O–H groups in total. The first-order valence-electron chi connectivity index (χ1n) is 19.0. The number of ether oxygens (including phenoxy) is 2. The normalized spacial score (nSPS) is 36.4. The zero-order valence-electron chi connectivity index (χ0n) is 29.4. The number of hydrogen-bond acceptors (Lipinski definition) is 8. The summed E-state index contributed by atoms with van der Waals surface area (Å²) in [5, 5.41) is 18.3. The Bertz CT molecular complexity index is 1360. The van der Waals surface area contributed by atoms with Gasteiger partial charge in [0.05, 0.1) is 31.3 Å². The van der Waals surface area contributed by atoms with Crippen LogP contribution in [0, 0.1) is 30.1 Å². The molecule has 2 saturated carbocycles. The molecule has 7 rings (SSSR count). The van der Waals surface area contributed by atoms with Crippen LogP contribution in [0.4, 0.5) is 0 Å². The summed E-state index contributed by atoms with van der Waals surface area (Å²) in [6.45, 7) is 9.82. The van der Waals surface area contributed by atoms with Crippen molar-refractivity contribution in [1.82, 2.24) is 25.3 Å². The zero-order valence-corrected chi connectivity index (χ0v) is 29.4. The second-order valence-electron chi connectivity index (χ2n) is 15.9. The molecular formula is C39H58N6O3. The fourth-order valence-electron chi connectivity index (χ4n) is 10.2. The van der Waals surface area contributed by atoms with Gasteiger partial charge in [0.15, 0.2) is 5.85 Å². The smallest absolute Gasteiger partial charge is 0.246 e. The molecule has 4 heterocycles. The predicted molar refractivity (Wildman–Crippen MR) is 187 cm³/mol. The number of carbonyl (C=O) groups is 1. The Morgan fingerprint density at radius 2 is 1.92 bits per heavy atom. The number of fused-ring (bicyclic) bond motifs is 2. The van der Waals surface area contributed by atoms with Crippen LogP contribution in [-0.2, 0) is 16.0 Å². The van der Waals surface area contributed by atoms with E-state index in [0.29, 0.717) is 44.0 Å². The van der Waals surface area contributed by atoms with Gasteiger partial charge in [-0.1, -0.05) is 50.5 Å². The molecule has 0 aromatic heterocycles. The molecule has 1 aromatic rings. The number of nitriles is 1. The quantitative estimate of drug-likeness (QED) is 0.309. The lowest BCUT2D eigenvalue weighted by molar-refractivity contribution is -0.212. The average Bonchev–Trinajstić information content (AvgIpc) is 3.31. The first-order valence-corrected chi connectivity index (χ1v) is 19.0. The lowest BCUT2D eigenvalue weighted by Gasteiger charge is -2.60. The summed E-state index contributed by atoms with van der Waals surface area (Å²) >= 11 is 0. The van der Waals surface area contributed by atoms with Crippen LogP contribution >= 0.6 is 0 Å². The number of nitrogens with zero attached hydrogens (tertiary/aromatic N) is 4. The fourth-order valence-corrected chi connectivity index (χ4v) is 10.2. The molecule has 6 aliphatic rings. The highest BCUT2D eigenvalue weighted by molar-refractivity contribution is 5.87. The van der Waals surface area contributed by atoms with Gasteiger partial charge in [-0.3, -0.25) is 20.3 Å². The molecule has 9 nitrogen and oxygen atoms in total. The second kappa shape index (κ2) is 14.4. The van der Waals surface area contributed by atoms with Gasteiger partial charge in [0.1, 0.15) is 11.4 Å². The van der Waals surface area contributed by atoms with Crippen LogP contribution < -0.4 is 15.4 Å². The zero-order chi connectivity index (χ0) is 33.3. The third-order valence-corrected chi connectivity index (χ3v) is 13.0. The number of piperazine rings is 1. The number of rotatable bonds is 7. The number of benzene rings is 1. The van der Waals surface area contributed by atoms with Crippen molar-refractivity contribution in [2.24, 2.45) is 11.8 Å². The minimum atomic E-state index is -0.639. The maximum atomic E-state index is 12.8. The summed E-state index contributed by atoms with van der Waals surface area (Å²) in [6, 6.07) is 9.46. The van der Waals surface area contributed by atoms with Gasteiger partial charge in [0, 0.05) is 50.0 Å². The Kier molecular flexibility index (Phi) is 10.2. The Morgan fingerprint density at radius 1 is 1.08 bits per heavy atom. The monoisotopic (exact) mass is 658 g/mol. The van der Waals surface area contributed by atoms with Crippen LogP contribution in [0.25, 0.3) is 0 Å².